The van der Waals surface area contributed by atoms with Crippen LogP contribution >= 0.6 is 0 Å². The van der Waals surface area contributed by atoms with Crippen molar-refractivity contribution in [2.75, 3.05) is 47.5 Å². The summed E-state index contributed by atoms with van der Waals surface area (Å²) in [5.74, 6) is -2.38. The molecular weight excluding hydrogens is 959 g/mol. The molecule has 0 amide bonds. The van der Waals surface area contributed by atoms with Crippen molar-refractivity contribution in [3.63, 3.8) is 0 Å². The molecule has 0 aliphatic heterocycles. The van der Waals surface area contributed by atoms with Gasteiger partial charge in [0.1, 0.15) is 13.2 Å². The monoisotopic (exact) mass is 1070 g/mol. The standard InChI is InChI=1S/C68H111NO8/c1-6-8-10-12-14-16-18-20-22-24-26-28-30-31-32-33-34-35-37-39-41-43-45-47-49-51-53-55-57-59-66(71)77-64(63-76-68(67(72)73)74-61-60-69(3,4)5)62-75-65(70)58-56-54-52-50-48-46-44-42-40-38-36-29-27-25-23-21-19-17-15-13-11-9-7-2/h8,10,14,16,19-22,25-28,31-32,34-35,39,41,45,47,51,53,64,68H,6-7,9,11-13,15,17-18,23-24,29-30,33,36-38,40,42-44,46,48-50,52,54-63H2,1-5H3/b10-8-,16-14-,21-19-,22-20-,27-25-,28-26-,32-31-,35-34-,41-39-,47-45-,53-51-. The lowest BCUT2D eigenvalue weighted by Gasteiger charge is -2.26. The quantitative estimate of drug-likeness (QED) is 0.0195. The number of carboxylic acids is 1. The Labute approximate surface area is 471 Å². The van der Waals surface area contributed by atoms with Crippen molar-refractivity contribution in [2.45, 2.75) is 232 Å². The first kappa shape index (κ1) is 72.4. The maximum absolute atomic E-state index is 12.9. The molecule has 0 saturated heterocycles. The van der Waals surface area contributed by atoms with E-state index in [9.17, 15) is 19.5 Å². The second-order valence-electron chi connectivity index (χ2n) is 20.9. The number of carboxylic acid groups (broad SMARTS) is 1. The summed E-state index contributed by atoms with van der Waals surface area (Å²) in [5.41, 5.74) is 0. The average Bonchev–Trinajstić information content (AvgIpc) is 3.40. The Bertz CT molecular complexity index is 1720. The summed E-state index contributed by atoms with van der Waals surface area (Å²) in [6.07, 6.45) is 79.4. The topological polar surface area (TPSA) is 111 Å². The highest BCUT2D eigenvalue weighted by atomic mass is 16.7. The van der Waals surface area contributed by atoms with Gasteiger partial charge in [0.2, 0.25) is 0 Å². The van der Waals surface area contributed by atoms with Gasteiger partial charge in [-0.1, -0.05) is 231 Å². The van der Waals surface area contributed by atoms with Gasteiger partial charge < -0.3 is 33.3 Å². The lowest BCUT2D eigenvalue weighted by molar-refractivity contribution is -0.870. The maximum atomic E-state index is 12.9. The highest BCUT2D eigenvalue weighted by Crippen LogP contribution is 2.14. The van der Waals surface area contributed by atoms with Crippen molar-refractivity contribution in [3.8, 4) is 0 Å². The number of aliphatic carboxylic acids is 1. The van der Waals surface area contributed by atoms with Crippen LogP contribution in [-0.2, 0) is 33.3 Å². The summed E-state index contributed by atoms with van der Waals surface area (Å²) < 4.78 is 22.6. The van der Waals surface area contributed by atoms with Crippen LogP contribution in [0.3, 0.4) is 0 Å². The van der Waals surface area contributed by atoms with E-state index in [4.69, 9.17) is 18.9 Å². The van der Waals surface area contributed by atoms with Crippen LogP contribution < -0.4 is 5.11 Å². The van der Waals surface area contributed by atoms with Crippen LogP contribution in [0.1, 0.15) is 219 Å². The van der Waals surface area contributed by atoms with Gasteiger partial charge in [0, 0.05) is 12.8 Å². The van der Waals surface area contributed by atoms with Crippen LogP contribution in [0, 0.1) is 0 Å². The number of ether oxygens (including phenoxy) is 4. The van der Waals surface area contributed by atoms with Crippen LogP contribution in [0.2, 0.25) is 0 Å². The molecule has 2 unspecified atom stereocenters. The van der Waals surface area contributed by atoms with Gasteiger partial charge in [-0.15, -0.1) is 0 Å². The first-order valence-electron chi connectivity index (χ1n) is 30.3. The molecule has 0 aliphatic rings. The molecule has 0 rings (SSSR count). The predicted molar refractivity (Wildman–Crippen MR) is 324 cm³/mol. The van der Waals surface area contributed by atoms with Gasteiger partial charge >= 0.3 is 11.9 Å². The van der Waals surface area contributed by atoms with Crippen LogP contribution in [0.4, 0.5) is 0 Å². The summed E-state index contributed by atoms with van der Waals surface area (Å²) in [6.45, 7) is 4.54. The Kier molecular flexibility index (Phi) is 54.2. The molecule has 0 radical (unpaired) electrons. The van der Waals surface area contributed by atoms with Gasteiger partial charge in [0.05, 0.1) is 40.3 Å². The zero-order valence-electron chi connectivity index (χ0n) is 49.5. The van der Waals surface area contributed by atoms with E-state index in [2.05, 4.69) is 148 Å². The Hall–Kier alpha value is -4.57. The highest BCUT2D eigenvalue weighted by molar-refractivity contribution is 5.70. The van der Waals surface area contributed by atoms with E-state index in [-0.39, 0.29) is 38.6 Å². The third-order valence-electron chi connectivity index (χ3n) is 12.4. The number of rotatable bonds is 54. The number of esters is 2. The summed E-state index contributed by atoms with van der Waals surface area (Å²) >= 11 is 0. The number of likely N-dealkylation sites (N-methyl/N-ethyl adjacent to an activating group) is 1. The molecule has 0 aromatic rings. The van der Waals surface area contributed by atoms with Gasteiger partial charge in [0.25, 0.3) is 0 Å². The Balaban J connectivity index is 4.38. The molecule has 0 bridgehead atoms. The molecule has 0 spiro atoms. The van der Waals surface area contributed by atoms with Crippen molar-refractivity contribution >= 4 is 17.9 Å². The number of quaternary nitrogens is 1. The van der Waals surface area contributed by atoms with Gasteiger partial charge in [-0.3, -0.25) is 9.59 Å². The third kappa shape index (κ3) is 58.9. The van der Waals surface area contributed by atoms with Crippen LogP contribution in [0.15, 0.2) is 134 Å². The lowest BCUT2D eigenvalue weighted by Crippen LogP contribution is -2.44. The molecule has 0 saturated carbocycles. The number of allylic oxidation sites excluding steroid dienone is 22. The largest absolute Gasteiger partial charge is 0.545 e. The van der Waals surface area contributed by atoms with Crippen LogP contribution in [0.25, 0.3) is 0 Å². The fourth-order valence-corrected chi connectivity index (χ4v) is 7.74. The van der Waals surface area contributed by atoms with Crippen molar-refractivity contribution in [1.29, 1.82) is 0 Å². The third-order valence-corrected chi connectivity index (χ3v) is 12.4. The predicted octanol–water partition coefficient (Wildman–Crippen LogP) is 16.9. The van der Waals surface area contributed by atoms with E-state index in [1.54, 1.807) is 0 Å². The number of hydrogen-bond acceptors (Lipinski definition) is 8. The average molecular weight is 1070 g/mol. The number of carbonyl (C=O) groups is 3. The molecule has 77 heavy (non-hydrogen) atoms. The zero-order valence-corrected chi connectivity index (χ0v) is 49.5. The summed E-state index contributed by atoms with van der Waals surface area (Å²) in [4.78, 5) is 37.3. The minimum Gasteiger partial charge on any atom is -0.545 e. The van der Waals surface area contributed by atoms with Gasteiger partial charge in [0.15, 0.2) is 12.4 Å². The summed E-state index contributed by atoms with van der Waals surface area (Å²) in [5, 5.41) is 11.8. The molecule has 0 heterocycles. The first-order chi connectivity index (χ1) is 37.6. The van der Waals surface area contributed by atoms with Crippen molar-refractivity contribution in [2.24, 2.45) is 0 Å². The zero-order chi connectivity index (χ0) is 56.2. The van der Waals surface area contributed by atoms with E-state index < -0.39 is 24.3 Å². The fourth-order valence-electron chi connectivity index (χ4n) is 7.74. The minimum absolute atomic E-state index is 0.129. The molecule has 0 aromatic carbocycles. The van der Waals surface area contributed by atoms with E-state index in [1.165, 1.54) is 89.9 Å². The molecule has 9 heteroatoms. The molecule has 0 aliphatic carbocycles. The molecule has 9 nitrogen and oxygen atoms in total. The lowest BCUT2D eigenvalue weighted by atomic mass is 10.0. The number of hydrogen-bond donors (Lipinski definition) is 0. The van der Waals surface area contributed by atoms with E-state index >= 15 is 0 Å². The molecule has 0 fully saturated rings. The minimum atomic E-state index is -1.65. The summed E-state index contributed by atoms with van der Waals surface area (Å²) in [7, 11) is 5.89. The van der Waals surface area contributed by atoms with Crippen molar-refractivity contribution < 1.29 is 42.9 Å². The van der Waals surface area contributed by atoms with Gasteiger partial charge in [-0.05, 0) is 109 Å². The SMILES string of the molecule is CC/C=C\C/C=C\C/C=C\C/C=C\C/C=C\C/C=C\C/C=C\C/C=C\C/C=C\CCCC(=O)OC(COC(=O)CCCCCCCCCCCCC/C=C\C/C=C\CCCCCCC)COC(OCC[N+](C)(C)C)C(=O)[O-]. The second kappa shape index (κ2) is 57.6. The van der Waals surface area contributed by atoms with Crippen LogP contribution in [-0.4, -0.2) is 82.3 Å². The Morgan fingerprint density at radius 1 is 0.403 bits per heavy atom. The van der Waals surface area contributed by atoms with E-state index in [0.29, 0.717) is 23.9 Å². The molecule has 0 aromatic heterocycles. The normalized spacial score (nSPS) is 13.7. The molecule has 0 N–H and O–H groups in total. The van der Waals surface area contributed by atoms with Crippen molar-refractivity contribution in [1.82, 2.24) is 0 Å². The highest BCUT2D eigenvalue weighted by Gasteiger charge is 2.21. The first-order valence-corrected chi connectivity index (χ1v) is 30.3. The van der Waals surface area contributed by atoms with E-state index in [1.807, 2.05) is 21.1 Å². The fraction of sp³-hybridized carbons (Fsp3) is 0.632. The summed E-state index contributed by atoms with van der Waals surface area (Å²) in [6, 6.07) is 0. The maximum Gasteiger partial charge on any atom is 0.306 e. The van der Waals surface area contributed by atoms with Crippen molar-refractivity contribution in [3.05, 3.63) is 134 Å². The smallest absolute Gasteiger partial charge is 0.306 e. The Morgan fingerprint density at radius 3 is 1.14 bits per heavy atom. The molecule has 2 atom stereocenters. The molecule has 436 valence electrons. The number of nitrogens with zero attached hydrogens (tertiary/aromatic N) is 1. The van der Waals surface area contributed by atoms with Gasteiger partial charge in [-0.25, -0.2) is 0 Å². The van der Waals surface area contributed by atoms with Crippen LogP contribution in [0.5, 0.6) is 0 Å². The second-order valence-corrected chi connectivity index (χ2v) is 20.9. The number of carbonyl (C=O) groups excluding carboxylic acids is 3. The molecular formula is C68H111NO8. The Morgan fingerprint density at radius 2 is 0.753 bits per heavy atom. The number of unbranched alkanes of at least 4 members (excludes halogenated alkanes) is 17. The van der Waals surface area contributed by atoms with Gasteiger partial charge in [-0.2, -0.15) is 0 Å². The van der Waals surface area contributed by atoms with E-state index in [0.717, 1.165) is 89.9 Å².